The van der Waals surface area contributed by atoms with Gasteiger partial charge in [0.15, 0.2) is 0 Å². The number of aryl methyl sites for hydroxylation is 1. The summed E-state index contributed by atoms with van der Waals surface area (Å²) >= 11 is 0. The van der Waals surface area contributed by atoms with Gasteiger partial charge in [-0.25, -0.2) is 0 Å². The zero-order valence-corrected chi connectivity index (χ0v) is 24.3. The Morgan fingerprint density at radius 1 is 1.00 bits per heavy atom. The van der Waals surface area contributed by atoms with Crippen molar-refractivity contribution in [2.24, 2.45) is 52.3 Å². The molecule has 4 nitrogen and oxygen atoms in total. The Morgan fingerprint density at radius 2 is 1.71 bits per heavy atom. The van der Waals surface area contributed by atoms with E-state index in [1.54, 1.807) is 0 Å². The summed E-state index contributed by atoms with van der Waals surface area (Å²) in [7, 11) is 0. The summed E-state index contributed by atoms with van der Waals surface area (Å²) in [6.07, 6.45) is 10.5. The lowest BCUT2D eigenvalue weighted by Crippen LogP contribution is -2.62. The van der Waals surface area contributed by atoms with Crippen molar-refractivity contribution in [2.75, 3.05) is 6.61 Å². The van der Waals surface area contributed by atoms with Crippen molar-refractivity contribution < 1.29 is 19.7 Å². The maximum Gasteiger partial charge on any atom is 0.306 e. The zero-order valence-electron chi connectivity index (χ0n) is 24.3. The largest absolute Gasteiger partial charge is 0.466 e. The van der Waals surface area contributed by atoms with Crippen molar-refractivity contribution in [3.05, 3.63) is 35.9 Å². The molecular weight excluding hydrogens is 472 g/mol. The molecule has 1 aromatic rings. The fourth-order valence-corrected chi connectivity index (χ4v) is 10.5. The Hall–Kier alpha value is -1.39. The van der Waals surface area contributed by atoms with Gasteiger partial charge in [-0.15, -0.1) is 0 Å². The molecule has 212 valence electrons. The predicted octanol–water partition coefficient (Wildman–Crippen LogP) is 6.82. The third-order valence-electron chi connectivity index (χ3n) is 12.4. The first-order valence-corrected chi connectivity index (χ1v) is 15.7. The number of aliphatic hydroxyl groups excluding tert-OH is 2. The van der Waals surface area contributed by atoms with Gasteiger partial charge in [0.05, 0.1) is 18.8 Å². The number of hydrogen-bond acceptors (Lipinski definition) is 4. The van der Waals surface area contributed by atoms with Crippen molar-refractivity contribution in [3.63, 3.8) is 0 Å². The number of carbonyl (C=O) groups excluding carboxylic acids is 1. The van der Waals surface area contributed by atoms with E-state index in [1.165, 1.54) is 31.2 Å². The van der Waals surface area contributed by atoms with E-state index in [4.69, 9.17) is 4.74 Å². The second-order valence-corrected chi connectivity index (χ2v) is 14.1. The number of esters is 1. The zero-order chi connectivity index (χ0) is 27.1. The summed E-state index contributed by atoms with van der Waals surface area (Å²) in [5.41, 5.74) is 1.69. The van der Waals surface area contributed by atoms with E-state index in [2.05, 4.69) is 39.8 Å². The Balaban J connectivity index is 1.21. The van der Waals surface area contributed by atoms with Crippen molar-refractivity contribution in [3.8, 4) is 0 Å². The Kier molecular flexibility index (Phi) is 8.32. The van der Waals surface area contributed by atoms with E-state index >= 15 is 0 Å². The molecule has 0 heterocycles. The third kappa shape index (κ3) is 4.98. The van der Waals surface area contributed by atoms with Crippen LogP contribution in [0.25, 0.3) is 0 Å². The topological polar surface area (TPSA) is 66.8 Å². The molecule has 4 aliphatic carbocycles. The molecule has 4 saturated carbocycles. The molecule has 4 aliphatic rings. The standard InChI is InChI=1S/C34H52O4/c1-5-25-29-21-24(35)15-18-34(29,4)28-16-19-33(3)26(12-13-27(33)31(28)32(25)37)22(2)17-20-38-30(36)14-11-23-9-7-6-8-10-23/h6-10,22,24-29,31-32,35,37H,5,11-21H2,1-4H3/t22-,24-,25-,26-,27+,28+,29+,31+,32-,33-,34-/m1/s1. The quantitative estimate of drug-likeness (QED) is 0.366. The fraction of sp³-hybridized carbons (Fsp3) is 0.794. The van der Waals surface area contributed by atoms with E-state index in [0.29, 0.717) is 54.5 Å². The van der Waals surface area contributed by atoms with Crippen LogP contribution in [0.1, 0.15) is 97.5 Å². The number of aliphatic hydroxyl groups is 2. The maximum atomic E-state index is 12.4. The first-order chi connectivity index (χ1) is 18.2. The average molecular weight is 525 g/mol. The van der Waals surface area contributed by atoms with Gasteiger partial charge in [0.2, 0.25) is 0 Å². The average Bonchev–Trinajstić information content (AvgIpc) is 3.26. The highest BCUT2D eigenvalue weighted by atomic mass is 16.5. The maximum absolute atomic E-state index is 12.4. The lowest BCUT2D eigenvalue weighted by molar-refractivity contribution is -0.203. The van der Waals surface area contributed by atoms with Crippen LogP contribution in [0.3, 0.4) is 0 Å². The van der Waals surface area contributed by atoms with Crippen LogP contribution in [0.15, 0.2) is 30.3 Å². The van der Waals surface area contributed by atoms with Gasteiger partial charge in [0.25, 0.3) is 0 Å². The predicted molar refractivity (Wildman–Crippen MR) is 151 cm³/mol. The summed E-state index contributed by atoms with van der Waals surface area (Å²) in [6.45, 7) is 10.2. The van der Waals surface area contributed by atoms with Gasteiger partial charge in [0.1, 0.15) is 0 Å². The molecule has 38 heavy (non-hydrogen) atoms. The van der Waals surface area contributed by atoms with Gasteiger partial charge < -0.3 is 14.9 Å². The first-order valence-electron chi connectivity index (χ1n) is 15.7. The van der Waals surface area contributed by atoms with Crippen LogP contribution >= 0.6 is 0 Å². The molecule has 2 N–H and O–H groups in total. The smallest absolute Gasteiger partial charge is 0.306 e. The van der Waals surface area contributed by atoms with Crippen LogP contribution in [0.5, 0.6) is 0 Å². The van der Waals surface area contributed by atoms with Crippen LogP contribution in [-0.2, 0) is 16.0 Å². The van der Waals surface area contributed by atoms with Crippen LogP contribution in [-0.4, -0.2) is 35.0 Å². The Labute approximate surface area is 230 Å². The van der Waals surface area contributed by atoms with E-state index in [9.17, 15) is 15.0 Å². The molecule has 0 spiro atoms. The van der Waals surface area contributed by atoms with E-state index in [-0.39, 0.29) is 29.0 Å². The number of benzene rings is 1. The summed E-state index contributed by atoms with van der Waals surface area (Å²) in [4.78, 5) is 12.4. The molecule has 4 fully saturated rings. The van der Waals surface area contributed by atoms with Gasteiger partial charge in [-0.1, -0.05) is 64.4 Å². The number of rotatable bonds is 8. The third-order valence-corrected chi connectivity index (χ3v) is 12.4. The molecule has 0 unspecified atom stereocenters. The highest BCUT2D eigenvalue weighted by Crippen LogP contribution is 2.69. The van der Waals surface area contributed by atoms with Crippen LogP contribution in [0.4, 0.5) is 0 Å². The number of fused-ring (bicyclic) bond motifs is 5. The number of carbonyl (C=O) groups is 1. The van der Waals surface area contributed by atoms with Crippen molar-refractivity contribution in [1.29, 1.82) is 0 Å². The molecule has 1 aromatic carbocycles. The second kappa shape index (κ2) is 11.2. The van der Waals surface area contributed by atoms with E-state index in [1.807, 2.05) is 18.2 Å². The van der Waals surface area contributed by atoms with Gasteiger partial charge in [-0.05, 0) is 116 Å². The van der Waals surface area contributed by atoms with Crippen LogP contribution in [0, 0.1) is 52.3 Å². The molecule has 4 heteroatoms. The summed E-state index contributed by atoms with van der Waals surface area (Å²) in [6, 6.07) is 10.1. The van der Waals surface area contributed by atoms with Crippen molar-refractivity contribution in [1.82, 2.24) is 0 Å². The summed E-state index contributed by atoms with van der Waals surface area (Å²) in [5, 5.41) is 22.4. The first kappa shape index (κ1) is 28.1. The summed E-state index contributed by atoms with van der Waals surface area (Å²) in [5.74, 6) is 3.36. The van der Waals surface area contributed by atoms with Gasteiger partial charge >= 0.3 is 5.97 Å². The van der Waals surface area contributed by atoms with Crippen molar-refractivity contribution in [2.45, 2.75) is 111 Å². The van der Waals surface area contributed by atoms with Gasteiger partial charge in [-0.3, -0.25) is 4.79 Å². The SMILES string of the molecule is CC[C@H]1[C@@H](O)[C@@H]2[C@H](CC[C@]3(C)[C@@H]([C@H](C)CCOC(=O)CCc4ccccc4)CC[C@@H]23)[C@@]2(C)CC[C@@H](O)C[C@@H]12. The molecule has 0 bridgehead atoms. The molecule has 0 aromatic heterocycles. The molecule has 0 radical (unpaired) electrons. The molecule has 5 rings (SSSR count). The molecule has 11 atom stereocenters. The number of hydrogen-bond donors (Lipinski definition) is 2. The van der Waals surface area contributed by atoms with E-state index in [0.717, 1.165) is 38.5 Å². The lowest BCUT2D eigenvalue weighted by Gasteiger charge is -2.64. The minimum Gasteiger partial charge on any atom is -0.466 e. The lowest BCUT2D eigenvalue weighted by atomic mass is 9.41. The Bertz CT molecular complexity index is 947. The second-order valence-electron chi connectivity index (χ2n) is 14.1. The van der Waals surface area contributed by atoms with Gasteiger partial charge in [0, 0.05) is 6.42 Å². The minimum atomic E-state index is -0.238. The fourth-order valence-electron chi connectivity index (χ4n) is 10.5. The van der Waals surface area contributed by atoms with Gasteiger partial charge in [-0.2, -0.15) is 0 Å². The molecule has 0 amide bonds. The summed E-state index contributed by atoms with van der Waals surface area (Å²) < 4.78 is 5.68. The van der Waals surface area contributed by atoms with Crippen molar-refractivity contribution >= 4 is 5.97 Å². The highest BCUT2D eigenvalue weighted by molar-refractivity contribution is 5.69. The highest BCUT2D eigenvalue weighted by Gasteiger charge is 2.64. The Morgan fingerprint density at radius 3 is 2.45 bits per heavy atom. The van der Waals surface area contributed by atoms with Crippen LogP contribution in [0.2, 0.25) is 0 Å². The normalized spacial score (nSPS) is 43.0. The monoisotopic (exact) mass is 524 g/mol. The molecule has 0 saturated heterocycles. The number of ether oxygens (including phenoxy) is 1. The van der Waals surface area contributed by atoms with E-state index < -0.39 is 0 Å². The van der Waals surface area contributed by atoms with Crippen LogP contribution < -0.4 is 0 Å². The molecular formula is C34H52O4. The molecule has 0 aliphatic heterocycles. The minimum absolute atomic E-state index is 0.0894.